The second kappa shape index (κ2) is 5.66. The average molecular weight is 324 g/mol. The van der Waals surface area contributed by atoms with Gasteiger partial charge in [0.25, 0.3) is 0 Å². The van der Waals surface area contributed by atoms with E-state index in [9.17, 15) is 14.7 Å². The van der Waals surface area contributed by atoms with Gasteiger partial charge in [0.1, 0.15) is 0 Å². The zero-order valence-electron chi connectivity index (χ0n) is 13.4. The van der Waals surface area contributed by atoms with Gasteiger partial charge in [-0.05, 0) is 74.0 Å². The summed E-state index contributed by atoms with van der Waals surface area (Å²) in [5, 5.41) is 18.4. The van der Waals surface area contributed by atoms with Crippen LogP contribution in [0.25, 0.3) is 0 Å². The van der Waals surface area contributed by atoms with Crippen LogP contribution < -0.4 is 0 Å². The van der Waals surface area contributed by atoms with Crippen molar-refractivity contribution in [1.82, 2.24) is 0 Å². The number of hydrogen-bond acceptors (Lipinski definition) is 2. The molecule has 4 aliphatic carbocycles. The first-order valence-corrected chi connectivity index (χ1v) is 8.63. The van der Waals surface area contributed by atoms with E-state index in [0.717, 1.165) is 11.8 Å². The molecule has 0 aliphatic heterocycles. The van der Waals surface area contributed by atoms with Crippen LogP contribution in [-0.2, 0) is 0 Å². The predicted molar refractivity (Wildman–Crippen MR) is 87.8 cm³/mol. The summed E-state index contributed by atoms with van der Waals surface area (Å²) in [6.45, 7) is 0. The van der Waals surface area contributed by atoms with Crippen LogP contribution in [0.1, 0.15) is 58.4 Å². The van der Waals surface area contributed by atoms with E-state index in [1.165, 1.54) is 50.3 Å². The lowest BCUT2D eigenvalue weighted by Gasteiger charge is -2.52. The minimum Gasteiger partial charge on any atom is -0.478 e. The van der Waals surface area contributed by atoms with Gasteiger partial charge in [0.2, 0.25) is 0 Å². The standard InChI is InChI=1S/C20H20O4/c21-19(22)14-2-1-13(18(10-14)20(23)24)3-4-17-15-6-11-5-12(8-15)9-16(17)7-11/h1-2,10-12,15-17H,5-9H2,(H,21,22)(H,23,24). The van der Waals surface area contributed by atoms with E-state index in [-0.39, 0.29) is 11.1 Å². The molecule has 24 heavy (non-hydrogen) atoms. The highest BCUT2D eigenvalue weighted by Gasteiger charge is 2.47. The van der Waals surface area contributed by atoms with Crippen LogP contribution in [0.15, 0.2) is 18.2 Å². The molecular formula is C20H20O4. The van der Waals surface area contributed by atoms with Crippen LogP contribution in [-0.4, -0.2) is 22.2 Å². The average Bonchev–Trinajstić information content (AvgIpc) is 2.53. The molecule has 0 amide bonds. The lowest BCUT2D eigenvalue weighted by Crippen LogP contribution is -2.44. The van der Waals surface area contributed by atoms with E-state index in [1.54, 1.807) is 0 Å². The number of aromatic carboxylic acids is 2. The van der Waals surface area contributed by atoms with Gasteiger partial charge in [-0.2, -0.15) is 0 Å². The van der Waals surface area contributed by atoms with Gasteiger partial charge in [-0.25, -0.2) is 9.59 Å². The highest BCUT2D eigenvalue weighted by Crippen LogP contribution is 2.56. The second-order valence-electron chi connectivity index (χ2n) is 7.60. The van der Waals surface area contributed by atoms with E-state index in [0.29, 0.717) is 23.3 Å². The van der Waals surface area contributed by atoms with E-state index in [1.807, 2.05) is 0 Å². The quantitative estimate of drug-likeness (QED) is 0.816. The minimum absolute atomic E-state index is 0.0208. The van der Waals surface area contributed by atoms with Crippen molar-refractivity contribution >= 4 is 11.9 Å². The zero-order chi connectivity index (χ0) is 16.8. The monoisotopic (exact) mass is 324 g/mol. The number of rotatable bonds is 2. The minimum atomic E-state index is -1.13. The topological polar surface area (TPSA) is 74.6 Å². The first kappa shape index (κ1) is 15.3. The van der Waals surface area contributed by atoms with Crippen molar-refractivity contribution in [3.8, 4) is 11.8 Å². The summed E-state index contributed by atoms with van der Waals surface area (Å²) < 4.78 is 0. The summed E-state index contributed by atoms with van der Waals surface area (Å²) in [7, 11) is 0. The van der Waals surface area contributed by atoms with Crippen molar-refractivity contribution < 1.29 is 19.8 Å². The van der Waals surface area contributed by atoms with Crippen molar-refractivity contribution in [2.24, 2.45) is 29.6 Å². The summed E-state index contributed by atoms with van der Waals surface area (Å²) in [5.41, 5.74) is 0.375. The van der Waals surface area contributed by atoms with E-state index in [2.05, 4.69) is 11.8 Å². The van der Waals surface area contributed by atoms with Crippen LogP contribution >= 0.6 is 0 Å². The summed E-state index contributed by atoms with van der Waals surface area (Å²) in [6, 6.07) is 4.15. The van der Waals surface area contributed by atoms with Crippen molar-refractivity contribution in [1.29, 1.82) is 0 Å². The highest BCUT2D eigenvalue weighted by molar-refractivity contribution is 5.95. The number of hydrogen-bond donors (Lipinski definition) is 2. The van der Waals surface area contributed by atoms with Crippen LogP contribution in [0.2, 0.25) is 0 Å². The molecule has 2 N–H and O–H groups in total. The van der Waals surface area contributed by atoms with Crippen LogP contribution in [0.5, 0.6) is 0 Å². The van der Waals surface area contributed by atoms with E-state index in [4.69, 9.17) is 5.11 Å². The van der Waals surface area contributed by atoms with Crippen molar-refractivity contribution in [2.45, 2.75) is 32.1 Å². The third kappa shape index (κ3) is 2.58. The molecule has 4 heteroatoms. The molecule has 0 spiro atoms. The number of benzene rings is 1. The lowest BCUT2D eigenvalue weighted by atomic mass is 9.52. The maximum Gasteiger partial charge on any atom is 0.336 e. The molecule has 1 aromatic rings. The molecule has 0 atom stereocenters. The fourth-order valence-corrected chi connectivity index (χ4v) is 5.29. The molecule has 4 fully saturated rings. The Morgan fingerprint density at radius 1 is 0.917 bits per heavy atom. The molecule has 0 radical (unpaired) electrons. The molecular weight excluding hydrogens is 304 g/mol. The molecule has 4 saturated carbocycles. The fourth-order valence-electron chi connectivity index (χ4n) is 5.29. The maximum atomic E-state index is 11.4. The second-order valence-corrected chi connectivity index (χ2v) is 7.60. The van der Waals surface area contributed by atoms with Crippen LogP contribution in [0.3, 0.4) is 0 Å². The Morgan fingerprint density at radius 2 is 1.54 bits per heavy atom. The maximum absolute atomic E-state index is 11.4. The molecule has 1 aromatic carbocycles. The molecule has 0 aromatic heterocycles. The summed E-state index contributed by atoms with van der Waals surface area (Å²) in [5.74, 6) is 7.65. The number of carboxylic acid groups (broad SMARTS) is 2. The largest absolute Gasteiger partial charge is 0.478 e. The Bertz CT molecular complexity index is 740. The first-order chi connectivity index (χ1) is 11.5. The van der Waals surface area contributed by atoms with Crippen LogP contribution in [0, 0.1) is 41.4 Å². The summed E-state index contributed by atoms with van der Waals surface area (Å²) >= 11 is 0. The third-order valence-electron chi connectivity index (χ3n) is 6.10. The molecule has 0 saturated heterocycles. The molecule has 4 aliphatic rings. The van der Waals surface area contributed by atoms with Crippen LogP contribution in [0.4, 0.5) is 0 Å². The lowest BCUT2D eigenvalue weighted by molar-refractivity contribution is -0.0122. The summed E-state index contributed by atoms with van der Waals surface area (Å²) in [4.78, 5) is 22.5. The van der Waals surface area contributed by atoms with E-state index >= 15 is 0 Å². The van der Waals surface area contributed by atoms with Gasteiger partial charge in [0.05, 0.1) is 11.1 Å². The third-order valence-corrected chi connectivity index (χ3v) is 6.10. The molecule has 4 bridgehead atoms. The Labute approximate surface area is 140 Å². The molecule has 0 heterocycles. The molecule has 0 unspecified atom stereocenters. The van der Waals surface area contributed by atoms with E-state index < -0.39 is 11.9 Å². The Hall–Kier alpha value is -2.28. The smallest absolute Gasteiger partial charge is 0.336 e. The van der Waals surface area contributed by atoms with Gasteiger partial charge in [-0.1, -0.05) is 11.8 Å². The van der Waals surface area contributed by atoms with Gasteiger partial charge in [-0.3, -0.25) is 0 Å². The van der Waals surface area contributed by atoms with Crippen molar-refractivity contribution in [3.63, 3.8) is 0 Å². The highest BCUT2D eigenvalue weighted by atomic mass is 16.4. The van der Waals surface area contributed by atoms with Gasteiger partial charge >= 0.3 is 11.9 Å². The Balaban J connectivity index is 1.63. The Morgan fingerprint density at radius 3 is 2.08 bits per heavy atom. The van der Waals surface area contributed by atoms with Crippen molar-refractivity contribution in [3.05, 3.63) is 34.9 Å². The first-order valence-electron chi connectivity index (χ1n) is 8.63. The van der Waals surface area contributed by atoms with Gasteiger partial charge in [-0.15, -0.1) is 0 Å². The summed E-state index contributed by atoms with van der Waals surface area (Å²) in [6.07, 6.45) is 6.49. The predicted octanol–water partition coefficient (Wildman–Crippen LogP) is 3.51. The number of carbonyl (C=O) groups is 2. The molecule has 124 valence electrons. The van der Waals surface area contributed by atoms with Gasteiger partial charge in [0.15, 0.2) is 0 Å². The van der Waals surface area contributed by atoms with Gasteiger partial charge < -0.3 is 10.2 Å². The SMILES string of the molecule is O=C(O)c1ccc(C#CC2C3CC4CC(C3)CC2C4)c(C(=O)O)c1. The normalized spacial score (nSPS) is 32.9. The fraction of sp³-hybridized carbons (Fsp3) is 0.500. The van der Waals surface area contributed by atoms with Crippen molar-refractivity contribution in [2.75, 3.05) is 0 Å². The molecule has 5 rings (SSSR count). The zero-order valence-corrected chi connectivity index (χ0v) is 13.4. The van der Waals surface area contributed by atoms with Gasteiger partial charge in [0, 0.05) is 11.5 Å². The Kier molecular flexibility index (Phi) is 3.60. The number of carboxylic acids is 2. The molecule has 4 nitrogen and oxygen atoms in total.